The summed E-state index contributed by atoms with van der Waals surface area (Å²) in [6, 6.07) is 0. The van der Waals surface area contributed by atoms with Gasteiger partial charge in [0.2, 0.25) is 0 Å². The summed E-state index contributed by atoms with van der Waals surface area (Å²) < 4.78 is 5.49. The van der Waals surface area contributed by atoms with E-state index in [-0.39, 0.29) is 5.97 Å². The first-order valence-corrected chi connectivity index (χ1v) is 9.28. The Balaban J connectivity index is 1.64. The largest absolute Gasteiger partial charge is 0.465 e. The smallest absolute Gasteiger partial charge is 0.305 e. The van der Waals surface area contributed by atoms with Crippen molar-refractivity contribution in [1.29, 1.82) is 0 Å². The lowest BCUT2D eigenvalue weighted by Gasteiger charge is -2.58. The van der Waals surface area contributed by atoms with Crippen LogP contribution in [0.15, 0.2) is 11.6 Å². The van der Waals surface area contributed by atoms with E-state index in [9.17, 15) is 4.79 Å². The van der Waals surface area contributed by atoms with Crippen molar-refractivity contribution in [1.82, 2.24) is 0 Å². The van der Waals surface area contributed by atoms with E-state index in [0.29, 0.717) is 29.8 Å². The number of carbonyl (C=O) groups excluding carboxylic acids is 1. The lowest BCUT2D eigenvalue weighted by atomic mass is 9.46. The molecule has 0 N–H and O–H groups in total. The molecule has 0 radical (unpaired) electrons. The quantitative estimate of drug-likeness (QED) is 0.477. The zero-order valence-electron chi connectivity index (χ0n) is 14.4. The number of allylic oxidation sites excluding steroid dienone is 2. The third-order valence-electron chi connectivity index (χ3n) is 8.35. The van der Waals surface area contributed by atoms with Crippen molar-refractivity contribution in [2.75, 3.05) is 6.61 Å². The van der Waals surface area contributed by atoms with Gasteiger partial charge in [0.15, 0.2) is 0 Å². The molecule has 1 saturated heterocycles. The van der Waals surface area contributed by atoms with Crippen molar-refractivity contribution < 1.29 is 9.53 Å². The zero-order chi connectivity index (χ0) is 15.5. The Bertz CT molecular complexity index is 522. The molecule has 4 rings (SSSR count). The monoisotopic (exact) mass is 302 g/mol. The fraction of sp³-hybridized carbons (Fsp3) is 0.850. The molecule has 3 aliphatic carbocycles. The number of hydrogen-bond acceptors (Lipinski definition) is 2. The summed E-state index contributed by atoms with van der Waals surface area (Å²) in [6.07, 6.45) is 10.8. The molecule has 1 heterocycles. The summed E-state index contributed by atoms with van der Waals surface area (Å²) in [5.41, 5.74) is 2.43. The van der Waals surface area contributed by atoms with Gasteiger partial charge < -0.3 is 4.74 Å². The maximum atomic E-state index is 11.8. The number of esters is 1. The summed E-state index contributed by atoms with van der Waals surface area (Å²) in [4.78, 5) is 11.8. The third kappa shape index (κ3) is 1.88. The van der Waals surface area contributed by atoms with E-state index in [4.69, 9.17) is 4.74 Å². The highest BCUT2D eigenvalue weighted by Crippen LogP contribution is 2.65. The van der Waals surface area contributed by atoms with Crippen LogP contribution >= 0.6 is 0 Å². The van der Waals surface area contributed by atoms with Gasteiger partial charge in [-0.05, 0) is 80.0 Å². The number of fused-ring (bicyclic) bond motifs is 5. The van der Waals surface area contributed by atoms with Gasteiger partial charge in [-0.15, -0.1) is 0 Å². The number of ether oxygens (including phenoxy) is 1. The van der Waals surface area contributed by atoms with Crippen LogP contribution < -0.4 is 0 Å². The second kappa shape index (κ2) is 4.85. The van der Waals surface area contributed by atoms with Crippen molar-refractivity contribution in [2.45, 2.75) is 65.7 Å². The highest BCUT2D eigenvalue weighted by molar-refractivity contribution is 5.69. The van der Waals surface area contributed by atoms with Crippen LogP contribution in [0.5, 0.6) is 0 Å². The van der Waals surface area contributed by atoms with Gasteiger partial charge in [0, 0.05) is 6.42 Å². The maximum absolute atomic E-state index is 11.8. The Kier molecular flexibility index (Phi) is 3.26. The van der Waals surface area contributed by atoms with Gasteiger partial charge in [-0.3, -0.25) is 4.79 Å². The number of cyclic esters (lactones) is 1. The fourth-order valence-corrected chi connectivity index (χ4v) is 6.62. The first kappa shape index (κ1) is 14.8. The van der Waals surface area contributed by atoms with Gasteiger partial charge >= 0.3 is 5.97 Å². The first-order valence-electron chi connectivity index (χ1n) is 9.28. The predicted molar refractivity (Wildman–Crippen MR) is 87.2 cm³/mol. The van der Waals surface area contributed by atoms with Gasteiger partial charge in [-0.25, -0.2) is 0 Å². The topological polar surface area (TPSA) is 26.3 Å². The van der Waals surface area contributed by atoms with E-state index < -0.39 is 0 Å². The maximum Gasteiger partial charge on any atom is 0.305 e. The molecule has 0 spiro atoms. The van der Waals surface area contributed by atoms with E-state index in [1.165, 1.54) is 32.1 Å². The molecule has 22 heavy (non-hydrogen) atoms. The molecule has 0 aromatic carbocycles. The van der Waals surface area contributed by atoms with E-state index in [1.54, 1.807) is 5.57 Å². The minimum absolute atomic E-state index is 0.0335. The summed E-state index contributed by atoms with van der Waals surface area (Å²) in [7, 11) is 0. The second-order valence-electron chi connectivity index (χ2n) is 8.92. The Hall–Kier alpha value is -0.790. The summed E-state index contributed by atoms with van der Waals surface area (Å²) in [5.74, 6) is 3.15. The highest BCUT2D eigenvalue weighted by Gasteiger charge is 2.57. The first-order chi connectivity index (χ1) is 10.4. The third-order valence-corrected chi connectivity index (χ3v) is 8.35. The predicted octanol–water partition coefficient (Wildman–Crippen LogP) is 4.74. The SMILES string of the molecule is CC1=CC[C@H]2[C@@H]3CC[C@H]4COC(=O)CC[C@]4(C)[C@H]3CC[C@]12C. The Morgan fingerprint density at radius 2 is 1.95 bits per heavy atom. The minimum atomic E-state index is 0.0335. The molecule has 0 bridgehead atoms. The molecule has 4 aliphatic rings. The second-order valence-corrected chi connectivity index (χ2v) is 8.92. The normalized spacial score (nSPS) is 51.0. The molecule has 122 valence electrons. The molecule has 2 nitrogen and oxygen atoms in total. The van der Waals surface area contributed by atoms with E-state index in [0.717, 1.165) is 24.2 Å². The van der Waals surface area contributed by atoms with Crippen molar-refractivity contribution in [3.8, 4) is 0 Å². The lowest BCUT2D eigenvalue weighted by molar-refractivity contribution is -0.144. The van der Waals surface area contributed by atoms with Gasteiger partial charge in [0.25, 0.3) is 0 Å². The van der Waals surface area contributed by atoms with Crippen LogP contribution in [0.25, 0.3) is 0 Å². The summed E-state index contributed by atoms with van der Waals surface area (Å²) in [6.45, 7) is 8.03. The molecular weight excluding hydrogens is 272 g/mol. The average molecular weight is 302 g/mol. The standard InChI is InChI=1S/C20H30O2/c1-13-4-7-16-15-6-5-14-12-22-18(21)9-11-20(14,3)17(15)8-10-19(13,16)2/h4,14-17H,5-12H2,1-3H3/t14-,15-,16-,17-,19+,20-/m0/s1. The number of rotatable bonds is 0. The number of hydrogen-bond donors (Lipinski definition) is 0. The van der Waals surface area contributed by atoms with E-state index >= 15 is 0 Å². The number of carbonyl (C=O) groups is 1. The van der Waals surface area contributed by atoms with Crippen molar-refractivity contribution in [2.24, 2.45) is 34.5 Å². The average Bonchev–Trinajstić information content (AvgIpc) is 2.70. The minimum Gasteiger partial charge on any atom is -0.465 e. The van der Waals surface area contributed by atoms with Gasteiger partial charge in [0.05, 0.1) is 6.61 Å². The van der Waals surface area contributed by atoms with Crippen LogP contribution in [-0.2, 0) is 9.53 Å². The van der Waals surface area contributed by atoms with Gasteiger partial charge in [-0.2, -0.15) is 0 Å². The van der Waals surface area contributed by atoms with Crippen LogP contribution in [0.2, 0.25) is 0 Å². The van der Waals surface area contributed by atoms with E-state index in [2.05, 4.69) is 26.8 Å². The van der Waals surface area contributed by atoms with Crippen molar-refractivity contribution >= 4 is 5.97 Å². The lowest BCUT2D eigenvalue weighted by Crippen LogP contribution is -2.51. The molecule has 1 aliphatic heterocycles. The Labute approximate surface area is 134 Å². The molecule has 6 atom stereocenters. The highest BCUT2D eigenvalue weighted by atomic mass is 16.5. The van der Waals surface area contributed by atoms with Crippen LogP contribution in [0, 0.1) is 34.5 Å². The molecule has 0 unspecified atom stereocenters. The molecule has 2 heteroatoms. The molecule has 3 fully saturated rings. The van der Waals surface area contributed by atoms with Gasteiger partial charge in [-0.1, -0.05) is 25.5 Å². The molecular formula is C20H30O2. The fourth-order valence-electron chi connectivity index (χ4n) is 6.62. The van der Waals surface area contributed by atoms with E-state index in [1.807, 2.05) is 0 Å². The van der Waals surface area contributed by atoms with Crippen LogP contribution in [0.1, 0.15) is 65.7 Å². The Morgan fingerprint density at radius 3 is 2.77 bits per heavy atom. The molecule has 2 saturated carbocycles. The molecule has 0 aromatic heterocycles. The molecule has 0 amide bonds. The Morgan fingerprint density at radius 1 is 1.14 bits per heavy atom. The van der Waals surface area contributed by atoms with Gasteiger partial charge in [0.1, 0.15) is 0 Å². The zero-order valence-corrected chi connectivity index (χ0v) is 14.4. The van der Waals surface area contributed by atoms with Crippen molar-refractivity contribution in [3.05, 3.63) is 11.6 Å². The summed E-state index contributed by atoms with van der Waals surface area (Å²) in [5, 5.41) is 0. The van der Waals surface area contributed by atoms with Crippen molar-refractivity contribution in [3.63, 3.8) is 0 Å². The van der Waals surface area contributed by atoms with Crippen LogP contribution in [-0.4, -0.2) is 12.6 Å². The van der Waals surface area contributed by atoms with Crippen LogP contribution in [0.4, 0.5) is 0 Å². The summed E-state index contributed by atoms with van der Waals surface area (Å²) >= 11 is 0. The molecule has 0 aromatic rings. The van der Waals surface area contributed by atoms with Crippen LogP contribution in [0.3, 0.4) is 0 Å².